The molecule has 0 saturated carbocycles. The molecule has 4 rings (SSSR count). The summed E-state index contributed by atoms with van der Waals surface area (Å²) >= 11 is 0. The molecule has 2 N–H and O–H groups in total. The summed E-state index contributed by atoms with van der Waals surface area (Å²) in [6, 6.07) is 7.71. The van der Waals surface area contributed by atoms with Crippen LogP contribution in [0.1, 0.15) is 0 Å². The summed E-state index contributed by atoms with van der Waals surface area (Å²) in [5.41, 5.74) is 7.48. The number of rotatable bonds is 2. The van der Waals surface area contributed by atoms with Crippen LogP contribution < -0.4 is 10.6 Å². The molecular formula is C15H14N4O3. The Morgan fingerprint density at radius 1 is 1.32 bits per heavy atom. The van der Waals surface area contributed by atoms with Gasteiger partial charge in [-0.15, -0.1) is 0 Å². The largest absolute Gasteiger partial charge is 0.450 e. The van der Waals surface area contributed by atoms with Gasteiger partial charge in [-0.2, -0.15) is 0 Å². The maximum atomic E-state index is 11.4. The molecule has 2 aromatic heterocycles. The third-order valence-corrected chi connectivity index (χ3v) is 3.82. The molecule has 1 saturated heterocycles. The van der Waals surface area contributed by atoms with Crippen molar-refractivity contribution in [1.29, 1.82) is 0 Å². The number of anilines is 1. The van der Waals surface area contributed by atoms with E-state index in [0.29, 0.717) is 31.1 Å². The third-order valence-electron chi connectivity index (χ3n) is 3.82. The van der Waals surface area contributed by atoms with Gasteiger partial charge in [-0.1, -0.05) is 12.1 Å². The lowest BCUT2D eigenvalue weighted by atomic mass is 10.2. The maximum Gasteiger partial charge on any atom is 0.248 e. The standard InChI is InChI=1S/C15H14N4O3/c16-14(20)11-7-19(5-6-21-11)15-13-12(17-8-18-15)9-3-1-2-4-10(9)22-13/h1-4,8,11H,5-7H2,(H2,16,20)/t11-/m0/s1. The summed E-state index contributed by atoms with van der Waals surface area (Å²) in [7, 11) is 0. The lowest BCUT2D eigenvalue weighted by Crippen LogP contribution is -2.48. The Labute approximate surface area is 125 Å². The Kier molecular flexibility index (Phi) is 2.93. The van der Waals surface area contributed by atoms with Crippen molar-refractivity contribution in [2.45, 2.75) is 6.10 Å². The van der Waals surface area contributed by atoms with E-state index in [9.17, 15) is 4.79 Å². The first kappa shape index (κ1) is 13.0. The van der Waals surface area contributed by atoms with Crippen molar-refractivity contribution in [3.8, 4) is 0 Å². The Morgan fingerprint density at radius 2 is 2.18 bits per heavy atom. The predicted octanol–water partition coefficient (Wildman–Crippen LogP) is 1.07. The third kappa shape index (κ3) is 1.98. The van der Waals surface area contributed by atoms with E-state index in [1.807, 2.05) is 29.2 Å². The lowest BCUT2D eigenvalue weighted by Gasteiger charge is -2.31. The average molecular weight is 298 g/mol. The summed E-state index contributed by atoms with van der Waals surface area (Å²) in [6.45, 7) is 1.39. The zero-order valence-corrected chi connectivity index (χ0v) is 11.7. The van der Waals surface area contributed by atoms with E-state index in [1.165, 1.54) is 6.33 Å². The Morgan fingerprint density at radius 3 is 3.05 bits per heavy atom. The molecule has 0 radical (unpaired) electrons. The summed E-state index contributed by atoms with van der Waals surface area (Å²) < 4.78 is 11.3. The van der Waals surface area contributed by atoms with Crippen molar-refractivity contribution >= 4 is 33.8 Å². The van der Waals surface area contributed by atoms with E-state index in [4.69, 9.17) is 14.9 Å². The molecule has 0 unspecified atom stereocenters. The number of ether oxygens (including phenoxy) is 1. The number of nitrogens with zero attached hydrogens (tertiary/aromatic N) is 3. The van der Waals surface area contributed by atoms with Crippen molar-refractivity contribution in [2.75, 3.05) is 24.6 Å². The molecule has 1 fully saturated rings. The fourth-order valence-corrected chi connectivity index (χ4v) is 2.75. The zero-order valence-electron chi connectivity index (χ0n) is 11.7. The van der Waals surface area contributed by atoms with Gasteiger partial charge in [0.25, 0.3) is 0 Å². The number of carbonyl (C=O) groups is 1. The van der Waals surface area contributed by atoms with Crippen LogP contribution in [0.3, 0.4) is 0 Å². The van der Waals surface area contributed by atoms with Crippen molar-refractivity contribution in [2.24, 2.45) is 5.73 Å². The first-order valence-electron chi connectivity index (χ1n) is 7.02. The SMILES string of the molecule is NC(=O)[C@@H]1CN(c2ncnc3c2oc2ccccc23)CCO1. The van der Waals surface area contributed by atoms with Gasteiger partial charge >= 0.3 is 0 Å². The second kappa shape index (κ2) is 4.96. The van der Waals surface area contributed by atoms with E-state index in [0.717, 1.165) is 16.5 Å². The number of hydrogen-bond acceptors (Lipinski definition) is 6. The molecule has 0 spiro atoms. The molecule has 1 amide bonds. The fourth-order valence-electron chi connectivity index (χ4n) is 2.75. The number of nitrogens with two attached hydrogens (primary N) is 1. The second-order valence-corrected chi connectivity index (χ2v) is 5.18. The number of morpholine rings is 1. The number of amides is 1. The van der Waals surface area contributed by atoms with E-state index in [1.54, 1.807) is 0 Å². The number of hydrogen-bond donors (Lipinski definition) is 1. The monoisotopic (exact) mass is 298 g/mol. The van der Waals surface area contributed by atoms with Crippen molar-refractivity contribution in [3.63, 3.8) is 0 Å². The van der Waals surface area contributed by atoms with Gasteiger partial charge < -0.3 is 19.8 Å². The minimum Gasteiger partial charge on any atom is -0.450 e. The molecule has 7 heteroatoms. The smallest absolute Gasteiger partial charge is 0.248 e. The van der Waals surface area contributed by atoms with Crippen molar-refractivity contribution in [3.05, 3.63) is 30.6 Å². The summed E-state index contributed by atoms with van der Waals surface area (Å²) in [5, 5.41) is 0.945. The number of aromatic nitrogens is 2. The molecule has 1 aromatic carbocycles. The summed E-state index contributed by atoms with van der Waals surface area (Å²) in [4.78, 5) is 22.0. The normalized spacial score (nSPS) is 18.9. The highest BCUT2D eigenvalue weighted by atomic mass is 16.5. The van der Waals surface area contributed by atoms with Crippen LogP contribution in [0.25, 0.3) is 22.1 Å². The van der Waals surface area contributed by atoms with Crippen LogP contribution in [0.4, 0.5) is 5.82 Å². The van der Waals surface area contributed by atoms with E-state index < -0.39 is 12.0 Å². The molecule has 3 heterocycles. The first-order valence-corrected chi connectivity index (χ1v) is 7.02. The quantitative estimate of drug-likeness (QED) is 0.760. The number of benzene rings is 1. The van der Waals surface area contributed by atoms with Crippen LogP contribution in [-0.4, -0.2) is 41.7 Å². The fraction of sp³-hybridized carbons (Fsp3) is 0.267. The van der Waals surface area contributed by atoms with Crippen LogP contribution >= 0.6 is 0 Å². The van der Waals surface area contributed by atoms with Gasteiger partial charge in [0.15, 0.2) is 17.5 Å². The van der Waals surface area contributed by atoms with Gasteiger partial charge in [-0.25, -0.2) is 9.97 Å². The van der Waals surface area contributed by atoms with Crippen molar-refractivity contribution in [1.82, 2.24) is 9.97 Å². The van der Waals surface area contributed by atoms with Gasteiger partial charge in [0.2, 0.25) is 5.91 Å². The van der Waals surface area contributed by atoms with Gasteiger partial charge in [-0.3, -0.25) is 4.79 Å². The van der Waals surface area contributed by atoms with Crippen LogP contribution in [0.2, 0.25) is 0 Å². The molecule has 3 aromatic rings. The molecular weight excluding hydrogens is 284 g/mol. The van der Waals surface area contributed by atoms with Gasteiger partial charge in [0.1, 0.15) is 17.4 Å². The first-order chi connectivity index (χ1) is 10.7. The number of para-hydroxylation sites is 1. The average Bonchev–Trinajstić information content (AvgIpc) is 2.93. The van der Waals surface area contributed by atoms with E-state index in [2.05, 4.69) is 9.97 Å². The highest BCUT2D eigenvalue weighted by Crippen LogP contribution is 2.32. The van der Waals surface area contributed by atoms with Crippen LogP contribution in [0.15, 0.2) is 35.0 Å². The van der Waals surface area contributed by atoms with Gasteiger partial charge in [-0.05, 0) is 12.1 Å². The van der Waals surface area contributed by atoms with Crippen LogP contribution in [0, 0.1) is 0 Å². The minimum absolute atomic E-state index is 0.360. The predicted molar refractivity (Wildman–Crippen MR) is 80.5 cm³/mol. The molecule has 7 nitrogen and oxygen atoms in total. The lowest BCUT2D eigenvalue weighted by molar-refractivity contribution is -0.130. The molecule has 22 heavy (non-hydrogen) atoms. The Bertz CT molecular complexity index is 860. The molecule has 1 aliphatic rings. The molecule has 112 valence electrons. The van der Waals surface area contributed by atoms with Gasteiger partial charge in [0.05, 0.1) is 13.2 Å². The minimum atomic E-state index is -0.636. The van der Waals surface area contributed by atoms with Crippen molar-refractivity contribution < 1.29 is 13.9 Å². The Balaban J connectivity index is 1.83. The van der Waals surface area contributed by atoms with Crippen LogP contribution in [0.5, 0.6) is 0 Å². The Hall–Kier alpha value is -2.67. The van der Waals surface area contributed by atoms with E-state index >= 15 is 0 Å². The number of furan rings is 1. The highest BCUT2D eigenvalue weighted by molar-refractivity contribution is 6.05. The maximum absolute atomic E-state index is 11.4. The van der Waals surface area contributed by atoms with Crippen LogP contribution in [-0.2, 0) is 9.53 Å². The topological polar surface area (TPSA) is 94.5 Å². The molecule has 1 atom stereocenters. The van der Waals surface area contributed by atoms with E-state index in [-0.39, 0.29) is 0 Å². The number of carbonyl (C=O) groups excluding carboxylic acids is 1. The number of fused-ring (bicyclic) bond motifs is 3. The molecule has 0 aliphatic carbocycles. The molecule has 1 aliphatic heterocycles. The second-order valence-electron chi connectivity index (χ2n) is 5.18. The summed E-state index contributed by atoms with van der Waals surface area (Å²) in [5.74, 6) is 0.190. The summed E-state index contributed by atoms with van der Waals surface area (Å²) in [6.07, 6.45) is 0.872. The highest BCUT2D eigenvalue weighted by Gasteiger charge is 2.27. The molecule has 0 bridgehead atoms. The zero-order chi connectivity index (χ0) is 15.1. The number of primary amides is 1. The van der Waals surface area contributed by atoms with Gasteiger partial charge in [0, 0.05) is 11.9 Å².